The first-order valence-corrected chi connectivity index (χ1v) is 12.3. The molecule has 3 aromatic rings. The monoisotopic (exact) mass is 508 g/mol. The highest BCUT2D eigenvalue weighted by molar-refractivity contribution is 7.80. The van der Waals surface area contributed by atoms with Gasteiger partial charge in [-0.2, -0.15) is 5.10 Å². The molecule has 2 N–H and O–H groups in total. The lowest BCUT2D eigenvalue weighted by atomic mass is 9.95. The Hall–Kier alpha value is -2.13. The van der Waals surface area contributed by atoms with Gasteiger partial charge in [-0.05, 0) is 62.0 Å². The SMILES string of the molecule is CCOC(=O)c1c(NC(=S)Nc2nn(Cc3ccccc3Cl)cc2Cl)sc2c1CCCC2. The Labute approximate surface area is 205 Å². The summed E-state index contributed by atoms with van der Waals surface area (Å²) in [5, 5.41) is 12.8. The van der Waals surface area contributed by atoms with Crippen molar-refractivity contribution < 1.29 is 9.53 Å². The molecule has 0 fully saturated rings. The van der Waals surface area contributed by atoms with Crippen molar-refractivity contribution in [3.8, 4) is 0 Å². The lowest BCUT2D eigenvalue weighted by Crippen LogP contribution is -2.21. The number of carbonyl (C=O) groups is 1. The van der Waals surface area contributed by atoms with Crippen molar-refractivity contribution in [2.24, 2.45) is 0 Å². The van der Waals surface area contributed by atoms with Crippen LogP contribution in [0.5, 0.6) is 0 Å². The zero-order chi connectivity index (χ0) is 22.7. The van der Waals surface area contributed by atoms with Gasteiger partial charge < -0.3 is 15.4 Å². The fourth-order valence-corrected chi connectivity index (χ4v) is 5.62. The number of carbonyl (C=O) groups excluding carboxylic acids is 1. The van der Waals surface area contributed by atoms with Crippen LogP contribution in [0.3, 0.4) is 0 Å². The molecule has 0 aliphatic heterocycles. The average Bonchev–Trinajstić information content (AvgIpc) is 3.29. The number of aromatic nitrogens is 2. The molecule has 4 rings (SSSR count). The van der Waals surface area contributed by atoms with Crippen LogP contribution in [-0.4, -0.2) is 27.5 Å². The van der Waals surface area contributed by atoms with Gasteiger partial charge in [0.25, 0.3) is 0 Å². The number of thiophene rings is 1. The number of hydrogen-bond donors (Lipinski definition) is 2. The van der Waals surface area contributed by atoms with Gasteiger partial charge in [0, 0.05) is 16.1 Å². The minimum absolute atomic E-state index is 0.305. The van der Waals surface area contributed by atoms with E-state index in [1.807, 2.05) is 24.3 Å². The fourth-order valence-electron chi connectivity index (χ4n) is 3.68. The van der Waals surface area contributed by atoms with Crippen LogP contribution in [0, 0.1) is 0 Å². The summed E-state index contributed by atoms with van der Waals surface area (Å²) in [4.78, 5) is 13.8. The molecule has 0 amide bonds. The zero-order valence-electron chi connectivity index (χ0n) is 17.4. The summed E-state index contributed by atoms with van der Waals surface area (Å²) in [6.07, 6.45) is 5.74. The van der Waals surface area contributed by atoms with E-state index in [4.69, 9.17) is 40.2 Å². The predicted molar refractivity (Wildman–Crippen MR) is 135 cm³/mol. The first-order valence-electron chi connectivity index (χ1n) is 10.3. The van der Waals surface area contributed by atoms with Gasteiger partial charge in [0.2, 0.25) is 0 Å². The summed E-state index contributed by atoms with van der Waals surface area (Å²) in [7, 11) is 0. The Bertz CT molecular complexity index is 1160. The molecule has 0 atom stereocenters. The number of thiocarbonyl (C=S) groups is 1. The number of nitrogens with zero attached hydrogens (tertiary/aromatic N) is 2. The Balaban J connectivity index is 1.50. The third-order valence-electron chi connectivity index (χ3n) is 5.12. The van der Waals surface area contributed by atoms with E-state index >= 15 is 0 Å². The molecule has 0 saturated heterocycles. The van der Waals surface area contributed by atoms with Crippen LogP contribution < -0.4 is 10.6 Å². The summed E-state index contributed by atoms with van der Waals surface area (Å²) in [5.41, 5.74) is 2.60. The first kappa shape index (κ1) is 23.0. The molecule has 6 nitrogen and oxygen atoms in total. The highest BCUT2D eigenvalue weighted by Gasteiger charge is 2.27. The zero-order valence-corrected chi connectivity index (χ0v) is 20.6. The van der Waals surface area contributed by atoms with Crippen LogP contribution >= 0.6 is 46.8 Å². The number of esters is 1. The van der Waals surface area contributed by atoms with E-state index in [1.54, 1.807) is 29.1 Å². The molecule has 0 radical (unpaired) electrons. The minimum atomic E-state index is -0.320. The second-order valence-electron chi connectivity index (χ2n) is 7.33. The molecule has 0 unspecified atom stereocenters. The third kappa shape index (κ3) is 5.09. The second kappa shape index (κ2) is 10.2. The Morgan fingerprint density at radius 2 is 2.00 bits per heavy atom. The number of ether oxygens (including phenoxy) is 1. The standard InChI is InChI=1S/C22H22Cl2N4O2S2/c1-2-30-21(29)18-14-8-4-6-10-17(14)32-20(18)26-22(31)25-19-16(24)12-28(27-19)11-13-7-3-5-9-15(13)23/h3,5,7,9,12H,2,4,6,8,10-11H2,1H3,(H2,25,26,27,31). The molecule has 1 aliphatic rings. The maximum absolute atomic E-state index is 12.6. The van der Waals surface area contributed by atoms with Crippen LogP contribution in [0.2, 0.25) is 10.0 Å². The Morgan fingerprint density at radius 1 is 1.22 bits per heavy atom. The molecule has 32 heavy (non-hydrogen) atoms. The molecule has 10 heteroatoms. The van der Waals surface area contributed by atoms with Crippen molar-refractivity contribution in [2.45, 2.75) is 39.2 Å². The number of fused-ring (bicyclic) bond motifs is 1. The molecular weight excluding hydrogens is 487 g/mol. The van der Waals surface area contributed by atoms with E-state index in [0.29, 0.717) is 44.7 Å². The van der Waals surface area contributed by atoms with E-state index in [2.05, 4.69) is 15.7 Å². The van der Waals surface area contributed by atoms with Crippen LogP contribution in [0.15, 0.2) is 30.5 Å². The quantitative estimate of drug-likeness (QED) is 0.306. The lowest BCUT2D eigenvalue weighted by Gasteiger charge is -2.13. The average molecular weight is 509 g/mol. The third-order valence-corrected chi connectivity index (χ3v) is 7.17. The van der Waals surface area contributed by atoms with Gasteiger partial charge in [-0.3, -0.25) is 4.68 Å². The van der Waals surface area contributed by atoms with Crippen molar-refractivity contribution in [2.75, 3.05) is 17.2 Å². The Morgan fingerprint density at radius 3 is 2.78 bits per heavy atom. The van der Waals surface area contributed by atoms with Crippen molar-refractivity contribution in [1.82, 2.24) is 9.78 Å². The largest absolute Gasteiger partial charge is 0.462 e. The summed E-state index contributed by atoms with van der Waals surface area (Å²) in [6, 6.07) is 7.58. The van der Waals surface area contributed by atoms with Crippen molar-refractivity contribution in [3.63, 3.8) is 0 Å². The predicted octanol–water partition coefficient (Wildman–Crippen LogP) is 6.16. The van der Waals surface area contributed by atoms with Crippen LogP contribution in [0.1, 0.15) is 46.1 Å². The number of halogens is 2. The minimum Gasteiger partial charge on any atom is -0.462 e. The number of aryl methyl sites for hydroxylation is 1. The maximum atomic E-state index is 12.6. The molecule has 1 aliphatic carbocycles. The molecular formula is C22H22Cl2N4O2S2. The van der Waals surface area contributed by atoms with E-state index in [0.717, 1.165) is 36.8 Å². The normalized spacial score (nSPS) is 12.8. The summed E-state index contributed by atoms with van der Waals surface area (Å²) < 4.78 is 6.99. The summed E-state index contributed by atoms with van der Waals surface area (Å²) in [5.74, 6) is 0.106. The number of anilines is 2. The maximum Gasteiger partial charge on any atom is 0.341 e. The number of benzene rings is 1. The van der Waals surface area contributed by atoms with Gasteiger partial charge >= 0.3 is 5.97 Å². The number of nitrogens with one attached hydrogen (secondary N) is 2. The lowest BCUT2D eigenvalue weighted by molar-refractivity contribution is 0.0526. The van der Waals surface area contributed by atoms with Gasteiger partial charge in [0.1, 0.15) is 10.0 Å². The second-order valence-corrected chi connectivity index (χ2v) is 9.66. The van der Waals surface area contributed by atoms with E-state index < -0.39 is 0 Å². The van der Waals surface area contributed by atoms with Crippen LogP contribution in [-0.2, 0) is 24.1 Å². The van der Waals surface area contributed by atoms with Crippen LogP contribution in [0.25, 0.3) is 0 Å². The smallest absolute Gasteiger partial charge is 0.341 e. The topological polar surface area (TPSA) is 68.2 Å². The van der Waals surface area contributed by atoms with Gasteiger partial charge in [-0.25, -0.2) is 4.79 Å². The summed E-state index contributed by atoms with van der Waals surface area (Å²) in [6.45, 7) is 2.60. The molecule has 0 spiro atoms. The van der Waals surface area contributed by atoms with Crippen molar-refractivity contribution in [3.05, 3.63) is 62.1 Å². The van der Waals surface area contributed by atoms with Crippen LogP contribution in [0.4, 0.5) is 10.8 Å². The first-order chi connectivity index (χ1) is 15.5. The number of rotatable bonds is 6. The highest BCUT2D eigenvalue weighted by Crippen LogP contribution is 2.38. The highest BCUT2D eigenvalue weighted by atomic mass is 35.5. The Kier molecular flexibility index (Phi) is 7.35. The number of hydrogen-bond acceptors (Lipinski definition) is 5. The van der Waals surface area contributed by atoms with Crippen molar-refractivity contribution >= 4 is 68.7 Å². The van der Waals surface area contributed by atoms with Gasteiger partial charge in [-0.15, -0.1) is 11.3 Å². The van der Waals surface area contributed by atoms with Crippen molar-refractivity contribution in [1.29, 1.82) is 0 Å². The van der Waals surface area contributed by atoms with Gasteiger partial charge in [-0.1, -0.05) is 41.4 Å². The molecule has 168 valence electrons. The summed E-state index contributed by atoms with van der Waals surface area (Å²) >= 11 is 19.7. The molecule has 0 bridgehead atoms. The molecule has 1 aromatic carbocycles. The van der Waals surface area contributed by atoms with E-state index in [-0.39, 0.29) is 5.97 Å². The molecule has 2 aromatic heterocycles. The fraction of sp³-hybridized carbons (Fsp3) is 0.318. The van der Waals surface area contributed by atoms with E-state index in [9.17, 15) is 4.79 Å². The van der Waals surface area contributed by atoms with E-state index in [1.165, 1.54) is 4.88 Å². The van der Waals surface area contributed by atoms with Gasteiger partial charge in [0.15, 0.2) is 10.9 Å². The van der Waals surface area contributed by atoms with Gasteiger partial charge in [0.05, 0.1) is 18.7 Å². The molecule has 2 heterocycles. The molecule has 0 saturated carbocycles.